The van der Waals surface area contributed by atoms with Crippen LogP contribution in [0, 0.1) is 0 Å². The molecule has 7 nitrogen and oxygen atoms in total. The van der Waals surface area contributed by atoms with E-state index in [1.54, 1.807) is 32.4 Å². The average molecular weight is 437 g/mol. The zero-order chi connectivity index (χ0) is 19.1. The van der Waals surface area contributed by atoms with Gasteiger partial charge < -0.3 is 28.4 Å². The maximum absolute atomic E-state index is 12.9. The smallest absolute Gasteiger partial charge is 0.231 e. The summed E-state index contributed by atoms with van der Waals surface area (Å²) in [6.07, 6.45) is -0.967. The maximum atomic E-state index is 12.9. The van der Waals surface area contributed by atoms with Crippen molar-refractivity contribution in [3.05, 3.63) is 39.9 Å². The number of benzene rings is 2. The number of hydrogen-bond acceptors (Lipinski definition) is 7. The normalized spacial score (nSPS) is 19.6. The number of methoxy groups -OCH3 is 3. The Hall–Kier alpha value is -2.45. The molecular formula is C19H17BrO7. The molecule has 0 spiro atoms. The van der Waals surface area contributed by atoms with E-state index < -0.39 is 6.10 Å². The third kappa shape index (κ3) is 3.08. The van der Waals surface area contributed by atoms with Crippen LogP contribution >= 0.6 is 15.9 Å². The molecule has 0 aliphatic carbocycles. The monoisotopic (exact) mass is 436 g/mol. The highest BCUT2D eigenvalue weighted by Crippen LogP contribution is 2.49. The summed E-state index contributed by atoms with van der Waals surface area (Å²) in [6, 6.07) is 6.96. The van der Waals surface area contributed by atoms with Crippen molar-refractivity contribution >= 4 is 21.7 Å². The Kier molecular flexibility index (Phi) is 4.61. The van der Waals surface area contributed by atoms with Gasteiger partial charge in [-0.1, -0.05) is 0 Å². The summed E-state index contributed by atoms with van der Waals surface area (Å²) in [5.74, 6) is 2.56. The van der Waals surface area contributed by atoms with Crippen molar-refractivity contribution in [3.8, 4) is 28.7 Å². The van der Waals surface area contributed by atoms with Crippen molar-refractivity contribution in [2.75, 3.05) is 28.1 Å². The predicted octanol–water partition coefficient (Wildman–Crippen LogP) is 3.53. The van der Waals surface area contributed by atoms with E-state index in [9.17, 15) is 4.79 Å². The molecule has 1 fully saturated rings. The van der Waals surface area contributed by atoms with Gasteiger partial charge in [-0.3, -0.25) is 4.79 Å². The molecule has 2 aromatic rings. The van der Waals surface area contributed by atoms with Gasteiger partial charge in [0.15, 0.2) is 34.9 Å². The summed E-state index contributed by atoms with van der Waals surface area (Å²) in [7, 11) is 4.62. The van der Waals surface area contributed by atoms with Crippen LogP contribution in [0.25, 0.3) is 0 Å². The van der Waals surface area contributed by atoms with Gasteiger partial charge in [-0.15, -0.1) is 0 Å². The number of epoxide rings is 1. The van der Waals surface area contributed by atoms with Crippen LogP contribution in [0.5, 0.6) is 28.7 Å². The van der Waals surface area contributed by atoms with Gasteiger partial charge in [0.05, 0.1) is 21.3 Å². The first kappa shape index (κ1) is 17.9. The van der Waals surface area contributed by atoms with Crippen molar-refractivity contribution in [1.29, 1.82) is 0 Å². The molecule has 0 bridgehead atoms. The van der Waals surface area contributed by atoms with Gasteiger partial charge in [0, 0.05) is 10.0 Å². The topological polar surface area (TPSA) is 75.8 Å². The maximum Gasteiger partial charge on any atom is 0.231 e. The minimum absolute atomic E-state index is 0.140. The van der Waals surface area contributed by atoms with Crippen LogP contribution in [-0.2, 0) is 4.74 Å². The van der Waals surface area contributed by atoms with Crippen molar-refractivity contribution in [2.24, 2.45) is 0 Å². The van der Waals surface area contributed by atoms with Crippen molar-refractivity contribution in [2.45, 2.75) is 12.2 Å². The van der Waals surface area contributed by atoms with Gasteiger partial charge in [0.2, 0.25) is 12.5 Å². The summed E-state index contributed by atoms with van der Waals surface area (Å²) in [6.45, 7) is 0.140. The number of ether oxygens (including phenoxy) is 6. The number of rotatable bonds is 6. The summed E-state index contributed by atoms with van der Waals surface area (Å²) >= 11 is 3.42. The SMILES string of the molecule is COc1cc(Br)c(C(=O)[C@H]2O[C@@H]2c2cc(OC)c3c(c2)OCO3)cc1OC. The van der Waals surface area contributed by atoms with E-state index >= 15 is 0 Å². The van der Waals surface area contributed by atoms with Crippen molar-refractivity contribution < 1.29 is 33.2 Å². The fourth-order valence-corrected chi connectivity index (χ4v) is 3.59. The van der Waals surface area contributed by atoms with Crippen LogP contribution in [0.1, 0.15) is 22.0 Å². The molecular weight excluding hydrogens is 420 g/mol. The molecule has 0 N–H and O–H groups in total. The summed E-state index contributed by atoms with van der Waals surface area (Å²) in [5, 5.41) is 0. The lowest BCUT2D eigenvalue weighted by Crippen LogP contribution is -2.10. The van der Waals surface area contributed by atoms with E-state index in [4.69, 9.17) is 28.4 Å². The van der Waals surface area contributed by atoms with E-state index in [1.807, 2.05) is 6.07 Å². The molecule has 2 aliphatic rings. The number of hydrogen-bond donors (Lipinski definition) is 0. The van der Waals surface area contributed by atoms with Crippen molar-refractivity contribution in [1.82, 2.24) is 0 Å². The quantitative estimate of drug-likeness (QED) is 0.506. The Labute approximate surface area is 164 Å². The molecule has 2 atom stereocenters. The fraction of sp³-hybridized carbons (Fsp3) is 0.316. The Morgan fingerprint density at radius 1 is 1.00 bits per heavy atom. The van der Waals surface area contributed by atoms with Gasteiger partial charge in [-0.2, -0.15) is 0 Å². The van der Waals surface area contributed by atoms with E-state index in [0.29, 0.717) is 38.8 Å². The summed E-state index contributed by atoms with van der Waals surface area (Å²) in [4.78, 5) is 12.9. The molecule has 0 amide bonds. The highest BCUT2D eigenvalue weighted by molar-refractivity contribution is 9.10. The molecule has 0 radical (unpaired) electrons. The molecule has 142 valence electrons. The third-order valence-electron chi connectivity index (χ3n) is 4.50. The first-order valence-corrected chi connectivity index (χ1v) is 8.95. The van der Waals surface area contributed by atoms with Crippen LogP contribution in [0.2, 0.25) is 0 Å². The van der Waals surface area contributed by atoms with Gasteiger partial charge in [0.25, 0.3) is 0 Å². The van der Waals surface area contributed by atoms with E-state index in [2.05, 4.69) is 15.9 Å². The number of halogens is 1. The molecule has 2 heterocycles. The molecule has 0 aromatic heterocycles. The highest BCUT2D eigenvalue weighted by Gasteiger charge is 2.47. The van der Waals surface area contributed by atoms with Gasteiger partial charge in [0.1, 0.15) is 6.10 Å². The van der Waals surface area contributed by atoms with Crippen molar-refractivity contribution in [3.63, 3.8) is 0 Å². The van der Waals surface area contributed by atoms with Crippen LogP contribution in [0.15, 0.2) is 28.7 Å². The second-order valence-corrected chi connectivity index (χ2v) is 6.84. The third-order valence-corrected chi connectivity index (χ3v) is 5.15. The molecule has 2 aromatic carbocycles. The molecule has 2 aliphatic heterocycles. The molecule has 4 rings (SSSR count). The van der Waals surface area contributed by atoms with Gasteiger partial charge >= 0.3 is 0 Å². The summed E-state index contributed by atoms with van der Waals surface area (Å²) in [5.41, 5.74) is 1.26. The first-order chi connectivity index (χ1) is 13.1. The van der Waals surface area contributed by atoms with E-state index in [1.165, 1.54) is 7.11 Å². The zero-order valence-electron chi connectivity index (χ0n) is 14.9. The molecule has 8 heteroatoms. The molecule has 0 unspecified atom stereocenters. The number of fused-ring (bicyclic) bond motifs is 1. The largest absolute Gasteiger partial charge is 0.493 e. The number of ketones is 1. The molecule has 1 saturated heterocycles. The highest BCUT2D eigenvalue weighted by atomic mass is 79.9. The van der Waals surface area contributed by atoms with Gasteiger partial charge in [-0.05, 0) is 45.8 Å². The Balaban J connectivity index is 1.60. The molecule has 0 saturated carbocycles. The second-order valence-electron chi connectivity index (χ2n) is 5.99. The zero-order valence-corrected chi connectivity index (χ0v) is 16.5. The Morgan fingerprint density at radius 3 is 2.41 bits per heavy atom. The minimum Gasteiger partial charge on any atom is -0.493 e. The van der Waals surface area contributed by atoms with Gasteiger partial charge in [-0.25, -0.2) is 0 Å². The Morgan fingerprint density at radius 2 is 1.70 bits per heavy atom. The number of carbonyl (C=O) groups is 1. The second kappa shape index (κ2) is 6.94. The lowest BCUT2D eigenvalue weighted by Gasteiger charge is -2.10. The average Bonchev–Trinajstić information content (AvgIpc) is 3.35. The lowest BCUT2D eigenvalue weighted by atomic mass is 10.0. The standard InChI is InChI=1S/C19H17BrO7/c1-22-12-6-10(11(20)7-13(12)23-2)16(21)19-17(27-19)9-4-14(24-3)18-15(5-9)25-8-26-18/h4-7,17,19H,8H2,1-3H3/t17-,19-/m1/s1. The fourth-order valence-electron chi connectivity index (χ4n) is 3.08. The minimum atomic E-state index is -0.593. The van der Waals surface area contributed by atoms with Crippen LogP contribution in [-0.4, -0.2) is 40.0 Å². The predicted molar refractivity (Wildman–Crippen MR) is 98.3 cm³/mol. The van der Waals surface area contributed by atoms with E-state index in [-0.39, 0.29) is 18.7 Å². The summed E-state index contributed by atoms with van der Waals surface area (Å²) < 4.78 is 33.0. The van der Waals surface area contributed by atoms with Crippen LogP contribution < -0.4 is 23.7 Å². The van der Waals surface area contributed by atoms with Crippen LogP contribution in [0.4, 0.5) is 0 Å². The molecule has 27 heavy (non-hydrogen) atoms. The van der Waals surface area contributed by atoms with Crippen LogP contribution in [0.3, 0.4) is 0 Å². The first-order valence-electron chi connectivity index (χ1n) is 8.16. The number of carbonyl (C=O) groups excluding carboxylic acids is 1. The number of Topliss-reactive ketones (excluding diaryl/α,β-unsaturated/α-hetero) is 1. The lowest BCUT2D eigenvalue weighted by molar-refractivity contribution is 0.0952. The Bertz CT molecular complexity index is 911. The van der Waals surface area contributed by atoms with E-state index in [0.717, 1.165) is 5.56 Å².